The molecule has 3 rings (SSSR count). The summed E-state index contributed by atoms with van der Waals surface area (Å²) in [5.41, 5.74) is 0.427. The fourth-order valence-electron chi connectivity index (χ4n) is 3.78. The van der Waals surface area contributed by atoms with Crippen molar-refractivity contribution >= 4 is 15.9 Å². The van der Waals surface area contributed by atoms with Crippen molar-refractivity contribution < 1.29 is 13.2 Å². The number of alkyl halides is 4. The zero-order chi connectivity index (χ0) is 14.3. The van der Waals surface area contributed by atoms with E-state index in [1.54, 1.807) is 12.1 Å². The maximum Gasteiger partial charge on any atom is 0.416 e. The van der Waals surface area contributed by atoms with Crippen molar-refractivity contribution in [2.45, 2.75) is 43.1 Å². The molecule has 2 aliphatic carbocycles. The van der Waals surface area contributed by atoms with Gasteiger partial charge in [0.15, 0.2) is 0 Å². The van der Waals surface area contributed by atoms with Gasteiger partial charge in [-0.05, 0) is 54.7 Å². The van der Waals surface area contributed by atoms with Crippen LogP contribution in [0.2, 0.25) is 0 Å². The lowest BCUT2D eigenvalue weighted by atomic mass is 10.0. The third-order valence-electron chi connectivity index (χ3n) is 4.85. The summed E-state index contributed by atoms with van der Waals surface area (Å²) in [4.78, 5) is 0.410. The zero-order valence-electron chi connectivity index (χ0n) is 11.2. The standard InChI is InChI=1S/C16H18BrF3/c17-14(15-12-3-1-2-4-13(12)15)9-10-5-7-11(8-6-10)16(18,19)20/h5-8,12-15H,1-4,9H2. The highest BCUT2D eigenvalue weighted by atomic mass is 79.9. The maximum atomic E-state index is 12.5. The van der Waals surface area contributed by atoms with Crippen LogP contribution in [0.25, 0.3) is 0 Å². The van der Waals surface area contributed by atoms with Gasteiger partial charge in [0.2, 0.25) is 0 Å². The molecule has 110 valence electrons. The Labute approximate surface area is 125 Å². The SMILES string of the molecule is FC(F)(F)c1ccc(CC(Br)C2C3CCCCC32)cc1. The van der Waals surface area contributed by atoms with Crippen LogP contribution >= 0.6 is 15.9 Å². The molecule has 0 spiro atoms. The van der Waals surface area contributed by atoms with E-state index < -0.39 is 11.7 Å². The molecule has 0 N–H and O–H groups in total. The van der Waals surface area contributed by atoms with Gasteiger partial charge in [-0.3, -0.25) is 0 Å². The highest BCUT2D eigenvalue weighted by Crippen LogP contribution is 2.58. The molecule has 0 saturated heterocycles. The van der Waals surface area contributed by atoms with Crippen LogP contribution in [0.5, 0.6) is 0 Å². The first-order valence-electron chi connectivity index (χ1n) is 7.27. The molecule has 3 atom stereocenters. The van der Waals surface area contributed by atoms with Crippen LogP contribution in [0.4, 0.5) is 13.2 Å². The van der Waals surface area contributed by atoms with Gasteiger partial charge in [0, 0.05) is 4.83 Å². The molecule has 4 heteroatoms. The maximum absolute atomic E-state index is 12.5. The van der Waals surface area contributed by atoms with Crippen LogP contribution in [0.15, 0.2) is 24.3 Å². The largest absolute Gasteiger partial charge is 0.416 e. The van der Waals surface area contributed by atoms with Crippen molar-refractivity contribution in [2.75, 3.05) is 0 Å². The van der Waals surface area contributed by atoms with E-state index in [1.807, 2.05) is 0 Å². The number of fused-ring (bicyclic) bond motifs is 1. The molecule has 0 heterocycles. The first-order chi connectivity index (χ1) is 9.47. The highest BCUT2D eigenvalue weighted by Gasteiger charge is 2.53. The van der Waals surface area contributed by atoms with E-state index in [0.717, 1.165) is 29.7 Å². The number of benzene rings is 1. The summed E-state index contributed by atoms with van der Waals surface area (Å²) < 4.78 is 37.5. The summed E-state index contributed by atoms with van der Waals surface area (Å²) in [6, 6.07) is 5.61. The van der Waals surface area contributed by atoms with Gasteiger partial charge in [-0.25, -0.2) is 0 Å². The monoisotopic (exact) mass is 346 g/mol. The van der Waals surface area contributed by atoms with Crippen molar-refractivity contribution in [3.8, 4) is 0 Å². The van der Waals surface area contributed by atoms with Crippen molar-refractivity contribution in [1.82, 2.24) is 0 Å². The van der Waals surface area contributed by atoms with Crippen LogP contribution in [0.3, 0.4) is 0 Å². The predicted octanol–water partition coefficient (Wildman–Crippen LogP) is 5.45. The first kappa shape index (κ1) is 14.4. The lowest BCUT2D eigenvalue weighted by Gasteiger charge is -2.11. The van der Waals surface area contributed by atoms with Gasteiger partial charge in [0.1, 0.15) is 0 Å². The second kappa shape index (κ2) is 5.36. The number of rotatable bonds is 3. The number of hydrogen-bond donors (Lipinski definition) is 0. The van der Waals surface area contributed by atoms with Gasteiger partial charge in [0.05, 0.1) is 5.56 Å². The van der Waals surface area contributed by atoms with Crippen LogP contribution in [-0.4, -0.2) is 4.83 Å². The third kappa shape index (κ3) is 2.90. The first-order valence-corrected chi connectivity index (χ1v) is 8.18. The lowest BCUT2D eigenvalue weighted by Crippen LogP contribution is -2.09. The van der Waals surface area contributed by atoms with Crippen LogP contribution in [-0.2, 0) is 12.6 Å². The minimum atomic E-state index is -4.24. The van der Waals surface area contributed by atoms with Gasteiger partial charge in [-0.15, -0.1) is 0 Å². The summed E-state index contributed by atoms with van der Waals surface area (Å²) in [6.07, 6.45) is 1.96. The Morgan fingerprint density at radius 1 is 1.05 bits per heavy atom. The molecule has 0 aliphatic heterocycles. The second-order valence-electron chi connectivity index (χ2n) is 6.10. The lowest BCUT2D eigenvalue weighted by molar-refractivity contribution is -0.137. The van der Waals surface area contributed by atoms with Crippen molar-refractivity contribution in [3.63, 3.8) is 0 Å². The average Bonchev–Trinajstić information content (AvgIpc) is 3.12. The van der Waals surface area contributed by atoms with E-state index in [0.29, 0.717) is 4.83 Å². The van der Waals surface area contributed by atoms with Crippen molar-refractivity contribution in [1.29, 1.82) is 0 Å². The van der Waals surface area contributed by atoms with E-state index in [9.17, 15) is 13.2 Å². The number of hydrogen-bond acceptors (Lipinski definition) is 0. The second-order valence-corrected chi connectivity index (χ2v) is 7.28. The molecular formula is C16H18BrF3. The quantitative estimate of drug-likeness (QED) is 0.638. The van der Waals surface area contributed by atoms with E-state index in [-0.39, 0.29) is 0 Å². The van der Waals surface area contributed by atoms with E-state index in [1.165, 1.54) is 37.8 Å². The molecule has 0 amide bonds. The Hall–Kier alpha value is -0.510. The number of halogens is 4. The van der Waals surface area contributed by atoms with Gasteiger partial charge >= 0.3 is 6.18 Å². The molecule has 2 fully saturated rings. The van der Waals surface area contributed by atoms with E-state index >= 15 is 0 Å². The molecule has 2 aliphatic rings. The van der Waals surface area contributed by atoms with Crippen LogP contribution < -0.4 is 0 Å². The van der Waals surface area contributed by atoms with Gasteiger partial charge in [-0.1, -0.05) is 40.9 Å². The topological polar surface area (TPSA) is 0 Å². The van der Waals surface area contributed by atoms with Gasteiger partial charge < -0.3 is 0 Å². The Morgan fingerprint density at radius 3 is 2.10 bits per heavy atom. The molecule has 2 saturated carbocycles. The van der Waals surface area contributed by atoms with Crippen LogP contribution in [0, 0.1) is 17.8 Å². The summed E-state index contributed by atoms with van der Waals surface area (Å²) in [6.45, 7) is 0. The Kier molecular flexibility index (Phi) is 3.87. The molecule has 0 radical (unpaired) electrons. The van der Waals surface area contributed by atoms with Gasteiger partial charge in [0.25, 0.3) is 0 Å². The molecule has 0 bridgehead atoms. The molecule has 3 unspecified atom stereocenters. The normalized spacial score (nSPS) is 30.7. The molecular weight excluding hydrogens is 329 g/mol. The van der Waals surface area contributed by atoms with E-state index in [2.05, 4.69) is 15.9 Å². The Morgan fingerprint density at radius 2 is 1.60 bits per heavy atom. The highest BCUT2D eigenvalue weighted by molar-refractivity contribution is 9.09. The fourth-order valence-corrected chi connectivity index (χ4v) is 4.93. The summed E-state index contributed by atoms with van der Waals surface area (Å²) in [5.74, 6) is 2.46. The fraction of sp³-hybridized carbons (Fsp3) is 0.625. The van der Waals surface area contributed by atoms with Crippen molar-refractivity contribution in [2.24, 2.45) is 17.8 Å². The molecule has 0 aromatic heterocycles. The summed E-state index contributed by atoms with van der Waals surface area (Å²) in [5, 5.41) is 0. The predicted molar refractivity (Wildman–Crippen MR) is 76.8 cm³/mol. The summed E-state index contributed by atoms with van der Waals surface area (Å²) >= 11 is 3.77. The molecule has 1 aromatic rings. The van der Waals surface area contributed by atoms with Gasteiger partial charge in [-0.2, -0.15) is 13.2 Å². The molecule has 1 aromatic carbocycles. The Bertz CT molecular complexity index is 454. The Balaban J connectivity index is 1.60. The van der Waals surface area contributed by atoms with Crippen molar-refractivity contribution in [3.05, 3.63) is 35.4 Å². The van der Waals surface area contributed by atoms with Crippen LogP contribution in [0.1, 0.15) is 36.8 Å². The van der Waals surface area contributed by atoms with E-state index in [4.69, 9.17) is 0 Å². The molecule has 20 heavy (non-hydrogen) atoms. The minimum absolute atomic E-state index is 0.410. The third-order valence-corrected chi connectivity index (χ3v) is 5.79. The minimum Gasteiger partial charge on any atom is -0.166 e. The summed E-state index contributed by atoms with van der Waals surface area (Å²) in [7, 11) is 0. The molecule has 0 nitrogen and oxygen atoms in total. The zero-order valence-corrected chi connectivity index (χ0v) is 12.8. The smallest absolute Gasteiger partial charge is 0.166 e. The average molecular weight is 347 g/mol.